The SMILES string of the molecule is CC(C)(C)c1ccc(OCCN2CCOCC2)c(C2(c3cc(C(C)(C)C)ccc3OCCN3CCOCC3)C(=O)N(CCN3CCOCC3)c3ccccc32)c1. The van der Waals surface area contributed by atoms with Crippen LogP contribution in [0.5, 0.6) is 11.5 Å². The lowest BCUT2D eigenvalue weighted by Gasteiger charge is -2.36. The topological polar surface area (TPSA) is 76.2 Å². The quantitative estimate of drug-likeness (QED) is 0.217. The van der Waals surface area contributed by atoms with Crippen LogP contribution >= 0.6 is 0 Å². The van der Waals surface area contributed by atoms with E-state index in [0.717, 1.165) is 130 Å². The Kier molecular flexibility index (Phi) is 12.7. The number of hydrogen-bond donors (Lipinski definition) is 0. The van der Waals surface area contributed by atoms with Crippen molar-refractivity contribution in [3.8, 4) is 11.5 Å². The number of carbonyl (C=O) groups is 1. The number of hydrogen-bond acceptors (Lipinski definition) is 9. The average molecular weight is 769 g/mol. The maximum absolute atomic E-state index is 16.2. The highest BCUT2D eigenvalue weighted by Crippen LogP contribution is 2.56. The van der Waals surface area contributed by atoms with Crippen LogP contribution in [0, 0.1) is 0 Å². The molecule has 56 heavy (non-hydrogen) atoms. The lowest BCUT2D eigenvalue weighted by Crippen LogP contribution is -2.47. The Morgan fingerprint density at radius 1 is 0.554 bits per heavy atom. The van der Waals surface area contributed by atoms with Gasteiger partial charge in [-0.1, -0.05) is 71.9 Å². The van der Waals surface area contributed by atoms with Gasteiger partial charge in [0.2, 0.25) is 5.91 Å². The third kappa shape index (κ3) is 8.81. The van der Waals surface area contributed by atoms with Gasteiger partial charge in [-0.2, -0.15) is 0 Å². The number of rotatable bonds is 13. The second-order valence-electron chi connectivity index (χ2n) is 17.7. The van der Waals surface area contributed by atoms with Crippen molar-refractivity contribution >= 4 is 11.6 Å². The van der Waals surface area contributed by atoms with Crippen molar-refractivity contribution in [3.05, 3.63) is 88.5 Å². The summed E-state index contributed by atoms with van der Waals surface area (Å²) in [6.07, 6.45) is 0. The van der Waals surface area contributed by atoms with E-state index >= 15 is 4.79 Å². The molecule has 0 N–H and O–H groups in total. The molecule has 3 aromatic carbocycles. The lowest BCUT2D eigenvalue weighted by molar-refractivity contribution is -0.120. The van der Waals surface area contributed by atoms with Crippen molar-refractivity contribution in [2.24, 2.45) is 0 Å². The van der Waals surface area contributed by atoms with E-state index in [2.05, 4.69) is 117 Å². The number of anilines is 1. The molecule has 304 valence electrons. The van der Waals surface area contributed by atoms with E-state index in [-0.39, 0.29) is 16.7 Å². The summed E-state index contributed by atoms with van der Waals surface area (Å²) in [6, 6.07) is 21.5. The van der Waals surface area contributed by atoms with Gasteiger partial charge in [-0.05, 0) is 52.3 Å². The Morgan fingerprint density at radius 2 is 0.982 bits per heavy atom. The van der Waals surface area contributed by atoms with Gasteiger partial charge < -0.3 is 28.6 Å². The maximum atomic E-state index is 16.2. The smallest absolute Gasteiger partial charge is 0.247 e. The normalized spacial score (nSPS) is 20.0. The Morgan fingerprint density at radius 3 is 1.43 bits per heavy atom. The molecular formula is C46H64N4O6. The van der Waals surface area contributed by atoms with E-state index in [4.69, 9.17) is 23.7 Å². The zero-order valence-electron chi connectivity index (χ0n) is 34.7. The van der Waals surface area contributed by atoms with E-state index in [1.807, 2.05) is 4.90 Å². The third-order valence-corrected chi connectivity index (χ3v) is 11.9. The summed E-state index contributed by atoms with van der Waals surface area (Å²) in [4.78, 5) is 25.4. The molecule has 0 aliphatic carbocycles. The fraction of sp³-hybridized carbons (Fsp3) is 0.587. The van der Waals surface area contributed by atoms with Crippen molar-refractivity contribution in [2.45, 2.75) is 57.8 Å². The van der Waals surface area contributed by atoms with Crippen LogP contribution < -0.4 is 14.4 Å². The van der Waals surface area contributed by atoms with Crippen LogP contribution in [0.2, 0.25) is 0 Å². The first kappa shape index (κ1) is 40.7. The second-order valence-corrected chi connectivity index (χ2v) is 17.7. The standard InChI is InChI=1S/C46H64N4O6/c1-44(2,3)35-11-13-41(55-31-23-48-19-27-53-28-20-48)38(33-35)46(37-9-7-8-10-40(37)50(43(46)51)16-15-47-17-25-52-26-18-47)39-34-36(45(4,5)6)12-14-42(39)56-32-24-49-21-29-54-30-22-49/h7-14,33-34H,15-32H2,1-6H3. The largest absolute Gasteiger partial charge is 0.492 e. The molecule has 0 saturated carbocycles. The van der Waals surface area contributed by atoms with Crippen molar-refractivity contribution in [2.75, 3.05) is 123 Å². The molecule has 0 bridgehead atoms. The zero-order valence-corrected chi connectivity index (χ0v) is 34.7. The number of nitrogens with zero attached hydrogens (tertiary/aromatic N) is 4. The zero-order chi connectivity index (χ0) is 39.3. The van der Waals surface area contributed by atoms with E-state index in [9.17, 15) is 0 Å². The van der Waals surface area contributed by atoms with Crippen molar-refractivity contribution < 1.29 is 28.5 Å². The van der Waals surface area contributed by atoms with Gasteiger partial charge in [0.05, 0.1) is 39.6 Å². The highest BCUT2D eigenvalue weighted by molar-refractivity contribution is 6.13. The van der Waals surface area contributed by atoms with Crippen molar-refractivity contribution in [1.82, 2.24) is 14.7 Å². The predicted molar refractivity (Wildman–Crippen MR) is 222 cm³/mol. The van der Waals surface area contributed by atoms with Gasteiger partial charge in [0.25, 0.3) is 0 Å². The van der Waals surface area contributed by atoms with Gasteiger partial charge >= 0.3 is 0 Å². The van der Waals surface area contributed by atoms with E-state index in [1.54, 1.807) is 0 Å². The van der Waals surface area contributed by atoms with Crippen LogP contribution in [0.1, 0.15) is 69.4 Å². The van der Waals surface area contributed by atoms with Crippen LogP contribution in [0.25, 0.3) is 0 Å². The van der Waals surface area contributed by atoms with Crippen LogP contribution in [0.15, 0.2) is 60.7 Å². The summed E-state index contributed by atoms with van der Waals surface area (Å²) in [7, 11) is 0. The molecular weight excluding hydrogens is 705 g/mol. The Bertz CT molecular complexity index is 1700. The monoisotopic (exact) mass is 768 g/mol. The Labute approximate surface area is 335 Å². The third-order valence-electron chi connectivity index (χ3n) is 11.9. The summed E-state index contributed by atoms with van der Waals surface area (Å²) in [5.74, 6) is 1.48. The lowest BCUT2D eigenvalue weighted by atomic mass is 9.67. The molecule has 0 spiro atoms. The van der Waals surface area contributed by atoms with E-state index in [1.165, 1.54) is 0 Å². The van der Waals surface area contributed by atoms with Crippen molar-refractivity contribution in [3.63, 3.8) is 0 Å². The molecule has 1 amide bonds. The number of benzene rings is 3. The minimum atomic E-state index is -1.24. The predicted octanol–water partition coefficient (Wildman–Crippen LogP) is 5.72. The molecule has 3 fully saturated rings. The molecule has 7 rings (SSSR count). The van der Waals surface area contributed by atoms with Crippen molar-refractivity contribution in [1.29, 1.82) is 0 Å². The number of ether oxygens (including phenoxy) is 5. The molecule has 0 radical (unpaired) electrons. The van der Waals surface area contributed by atoms with E-state index < -0.39 is 5.41 Å². The number of morpholine rings is 3. The molecule has 0 unspecified atom stereocenters. The number of carbonyl (C=O) groups excluding carboxylic acids is 1. The molecule has 4 aliphatic heterocycles. The number of para-hydroxylation sites is 1. The fourth-order valence-corrected chi connectivity index (χ4v) is 8.46. The molecule has 10 heteroatoms. The summed E-state index contributed by atoms with van der Waals surface area (Å²) in [6.45, 7) is 26.9. The molecule has 3 aromatic rings. The van der Waals surface area contributed by atoms with Gasteiger partial charge in [0.15, 0.2) is 0 Å². The molecule has 10 nitrogen and oxygen atoms in total. The van der Waals surface area contributed by atoms with Crippen LogP contribution in [-0.4, -0.2) is 139 Å². The fourth-order valence-electron chi connectivity index (χ4n) is 8.46. The molecule has 4 heterocycles. The molecule has 4 aliphatic rings. The second kappa shape index (κ2) is 17.5. The Balaban J connectivity index is 1.40. The first-order chi connectivity index (χ1) is 27.0. The maximum Gasteiger partial charge on any atom is 0.247 e. The average Bonchev–Trinajstić information content (AvgIpc) is 3.45. The minimum absolute atomic E-state index is 0.0279. The summed E-state index contributed by atoms with van der Waals surface area (Å²) >= 11 is 0. The molecule has 0 aromatic heterocycles. The molecule has 0 atom stereocenters. The summed E-state index contributed by atoms with van der Waals surface area (Å²) in [5, 5.41) is 0. The van der Waals surface area contributed by atoms with Crippen LogP contribution in [0.4, 0.5) is 5.69 Å². The van der Waals surface area contributed by atoms with Crippen LogP contribution in [0.3, 0.4) is 0 Å². The van der Waals surface area contributed by atoms with E-state index in [0.29, 0.717) is 33.0 Å². The highest BCUT2D eigenvalue weighted by Gasteiger charge is 2.56. The first-order valence-electron chi connectivity index (χ1n) is 20.8. The van der Waals surface area contributed by atoms with Gasteiger partial charge in [-0.3, -0.25) is 19.5 Å². The van der Waals surface area contributed by atoms with Gasteiger partial charge in [-0.15, -0.1) is 0 Å². The van der Waals surface area contributed by atoms with Gasteiger partial charge in [-0.25, -0.2) is 0 Å². The minimum Gasteiger partial charge on any atom is -0.492 e. The summed E-state index contributed by atoms with van der Waals surface area (Å²) < 4.78 is 30.7. The number of fused-ring (bicyclic) bond motifs is 1. The van der Waals surface area contributed by atoms with Crippen LogP contribution in [-0.2, 0) is 35.3 Å². The molecule has 3 saturated heterocycles. The van der Waals surface area contributed by atoms with Gasteiger partial charge in [0, 0.05) is 87.8 Å². The number of amides is 1. The Hall–Kier alpha value is -3.51. The first-order valence-corrected chi connectivity index (χ1v) is 20.8. The highest BCUT2D eigenvalue weighted by atomic mass is 16.5. The summed E-state index contributed by atoms with van der Waals surface area (Å²) in [5.41, 5.74) is 4.31. The van der Waals surface area contributed by atoms with Gasteiger partial charge in [0.1, 0.15) is 30.1 Å².